The highest BCUT2D eigenvalue weighted by Gasteiger charge is 2.24. The van der Waals surface area contributed by atoms with Crippen molar-refractivity contribution in [2.45, 2.75) is 13.3 Å². The van der Waals surface area contributed by atoms with Gasteiger partial charge < -0.3 is 9.13 Å². The molecule has 0 bridgehead atoms. The number of benzene rings is 6. The van der Waals surface area contributed by atoms with Crippen molar-refractivity contribution in [3.63, 3.8) is 0 Å². The number of hydrogen-bond acceptors (Lipinski definition) is 3. The molecule has 1 aliphatic carbocycles. The average Bonchev–Trinajstić information content (AvgIpc) is 3.81. The molecule has 5 heteroatoms. The number of thiophene rings is 1. The highest BCUT2D eigenvalue weighted by molar-refractivity contribution is 7.26. The Labute approximate surface area is 292 Å². The first-order valence-corrected chi connectivity index (χ1v) is 17.7. The summed E-state index contributed by atoms with van der Waals surface area (Å²) in [4.78, 5) is 0. The second kappa shape index (κ2) is 10.8. The van der Waals surface area contributed by atoms with Crippen LogP contribution in [-0.2, 0) is 6.42 Å². The standard InChI is InChI=1S/C45H28N4S/c1-27-11-15-32-36-23-29(26-47)13-18-40(36)49(41(32)21-27)38-17-12-28(25-46)22-35(38)30-14-19-39-37(24-30)33-16-20-43-44(34-9-5-6-10-42(34)50-43)45(33)48(39)31-7-3-2-4-8-31/h2-20,22-24,27H,21H2,1H3/t27-/m1/s1. The first-order valence-electron chi connectivity index (χ1n) is 16.9. The van der Waals surface area contributed by atoms with Crippen molar-refractivity contribution in [1.29, 1.82) is 10.5 Å². The second-order valence-corrected chi connectivity index (χ2v) is 14.3. The van der Waals surface area contributed by atoms with E-state index in [1.807, 2.05) is 35.6 Å². The lowest BCUT2D eigenvalue weighted by Crippen LogP contribution is -2.09. The summed E-state index contributed by atoms with van der Waals surface area (Å²) in [7, 11) is 0. The summed E-state index contributed by atoms with van der Waals surface area (Å²) in [6, 6.07) is 47.4. The molecule has 0 unspecified atom stereocenters. The van der Waals surface area contributed by atoms with Gasteiger partial charge in [-0.15, -0.1) is 11.3 Å². The Kier molecular flexibility index (Phi) is 6.18. The van der Waals surface area contributed by atoms with Crippen molar-refractivity contribution >= 4 is 70.3 Å². The molecule has 0 saturated carbocycles. The molecule has 0 radical (unpaired) electrons. The molecule has 1 atom stereocenters. The zero-order valence-corrected chi connectivity index (χ0v) is 28.0. The number of aromatic nitrogens is 2. The van der Waals surface area contributed by atoms with Crippen molar-refractivity contribution in [2.75, 3.05) is 0 Å². The Balaban J connectivity index is 1.29. The zero-order chi connectivity index (χ0) is 33.5. The van der Waals surface area contributed by atoms with E-state index in [2.05, 4.69) is 137 Å². The highest BCUT2D eigenvalue weighted by atomic mass is 32.1. The molecule has 0 aliphatic heterocycles. The van der Waals surface area contributed by atoms with Crippen molar-refractivity contribution in [2.24, 2.45) is 5.92 Å². The Hall–Kier alpha value is -6.40. The molecule has 0 amide bonds. The fourth-order valence-electron chi connectivity index (χ4n) is 8.09. The summed E-state index contributed by atoms with van der Waals surface area (Å²) < 4.78 is 7.33. The van der Waals surface area contributed by atoms with E-state index in [0.29, 0.717) is 17.0 Å². The summed E-state index contributed by atoms with van der Waals surface area (Å²) in [5.74, 6) is 0.383. The van der Waals surface area contributed by atoms with Crippen molar-refractivity contribution in [1.82, 2.24) is 9.13 Å². The molecule has 10 rings (SSSR count). The summed E-state index contributed by atoms with van der Waals surface area (Å²) in [5, 5.41) is 25.8. The first kappa shape index (κ1) is 28.6. The molecule has 3 aromatic heterocycles. The van der Waals surface area contributed by atoms with E-state index in [1.165, 1.54) is 47.7 Å². The normalized spacial score (nSPS) is 14.1. The quantitative estimate of drug-likeness (QED) is 0.190. The summed E-state index contributed by atoms with van der Waals surface area (Å²) in [6.07, 6.45) is 5.36. The van der Waals surface area contributed by atoms with Crippen LogP contribution in [0.5, 0.6) is 0 Å². The van der Waals surface area contributed by atoms with Crippen LogP contribution in [0.4, 0.5) is 0 Å². The van der Waals surface area contributed by atoms with Gasteiger partial charge in [0.2, 0.25) is 0 Å². The van der Waals surface area contributed by atoms with Crippen LogP contribution < -0.4 is 0 Å². The van der Waals surface area contributed by atoms with Gasteiger partial charge in [0.25, 0.3) is 0 Å². The Bertz CT molecular complexity index is 2990. The van der Waals surface area contributed by atoms with E-state index < -0.39 is 0 Å². The molecule has 0 saturated heterocycles. The summed E-state index contributed by atoms with van der Waals surface area (Å²) in [5.41, 5.74) is 11.3. The average molecular weight is 657 g/mol. The van der Waals surface area contributed by atoms with Crippen LogP contribution in [0.1, 0.15) is 29.3 Å². The predicted molar refractivity (Wildman–Crippen MR) is 207 cm³/mol. The number of rotatable bonds is 3. The maximum atomic E-state index is 10.1. The predicted octanol–water partition coefficient (Wildman–Crippen LogP) is 11.7. The number of para-hydroxylation sites is 1. The third kappa shape index (κ3) is 4.08. The van der Waals surface area contributed by atoms with Crippen LogP contribution in [-0.4, -0.2) is 9.13 Å². The van der Waals surface area contributed by atoms with Crippen LogP contribution in [0, 0.1) is 28.6 Å². The third-order valence-corrected chi connectivity index (χ3v) is 11.4. The molecule has 3 heterocycles. The van der Waals surface area contributed by atoms with Gasteiger partial charge >= 0.3 is 0 Å². The monoisotopic (exact) mass is 656 g/mol. The van der Waals surface area contributed by atoms with Crippen LogP contribution in [0.2, 0.25) is 0 Å². The zero-order valence-electron chi connectivity index (χ0n) is 27.2. The van der Waals surface area contributed by atoms with Crippen LogP contribution in [0.3, 0.4) is 0 Å². The maximum absolute atomic E-state index is 10.1. The minimum absolute atomic E-state index is 0.383. The molecular formula is C45H28N4S. The number of nitriles is 2. The minimum Gasteiger partial charge on any atom is -0.312 e. The molecule has 4 nitrogen and oxygen atoms in total. The van der Waals surface area contributed by atoms with Gasteiger partial charge in [-0.05, 0) is 90.7 Å². The molecule has 6 aromatic carbocycles. The lowest BCUT2D eigenvalue weighted by atomic mass is 9.94. The van der Waals surface area contributed by atoms with Gasteiger partial charge in [0.1, 0.15) is 0 Å². The maximum Gasteiger partial charge on any atom is 0.0991 e. The topological polar surface area (TPSA) is 57.4 Å². The Morgan fingerprint density at radius 2 is 1.42 bits per heavy atom. The van der Waals surface area contributed by atoms with Crippen molar-refractivity contribution in [3.05, 3.63) is 150 Å². The second-order valence-electron chi connectivity index (χ2n) is 13.3. The fourth-order valence-corrected chi connectivity index (χ4v) is 9.20. The highest BCUT2D eigenvalue weighted by Crippen LogP contribution is 2.45. The van der Waals surface area contributed by atoms with E-state index in [-0.39, 0.29) is 0 Å². The number of allylic oxidation sites excluding steroid dienone is 1. The van der Waals surface area contributed by atoms with E-state index in [1.54, 1.807) is 0 Å². The number of fused-ring (bicyclic) bond motifs is 10. The molecule has 1 aliphatic rings. The van der Waals surface area contributed by atoms with E-state index in [4.69, 9.17) is 0 Å². The molecular weight excluding hydrogens is 629 g/mol. The SMILES string of the molecule is C[C@@H]1C=Cc2c(n(-c3ccc(C#N)cc3-c3ccc4c(c3)c3ccc5sc6ccccc6c5c3n4-c3ccccc3)c3ccc(C#N)cc23)C1. The third-order valence-electron chi connectivity index (χ3n) is 10.3. The smallest absolute Gasteiger partial charge is 0.0991 e. The van der Waals surface area contributed by atoms with Gasteiger partial charge in [-0.25, -0.2) is 0 Å². The molecule has 0 N–H and O–H groups in total. The van der Waals surface area contributed by atoms with Crippen LogP contribution in [0.25, 0.3) is 81.5 Å². The molecule has 50 heavy (non-hydrogen) atoms. The van der Waals surface area contributed by atoms with Gasteiger partial charge in [0.05, 0.1) is 45.5 Å². The van der Waals surface area contributed by atoms with E-state index in [0.717, 1.165) is 45.3 Å². The number of nitrogens with zero attached hydrogens (tertiary/aromatic N) is 4. The largest absolute Gasteiger partial charge is 0.312 e. The van der Waals surface area contributed by atoms with Gasteiger partial charge in [-0.3, -0.25) is 0 Å². The minimum atomic E-state index is 0.383. The van der Waals surface area contributed by atoms with Crippen molar-refractivity contribution < 1.29 is 0 Å². The molecule has 0 fully saturated rings. The van der Waals surface area contributed by atoms with Crippen LogP contribution >= 0.6 is 11.3 Å². The van der Waals surface area contributed by atoms with Gasteiger partial charge in [0.15, 0.2) is 0 Å². The molecule has 0 spiro atoms. The Morgan fingerprint density at radius 1 is 0.660 bits per heavy atom. The van der Waals surface area contributed by atoms with E-state index in [9.17, 15) is 10.5 Å². The molecule has 234 valence electrons. The Morgan fingerprint density at radius 3 is 2.28 bits per heavy atom. The summed E-state index contributed by atoms with van der Waals surface area (Å²) in [6.45, 7) is 2.24. The van der Waals surface area contributed by atoms with Gasteiger partial charge in [0, 0.05) is 58.8 Å². The summed E-state index contributed by atoms with van der Waals surface area (Å²) >= 11 is 1.84. The number of hydrogen-bond donors (Lipinski definition) is 0. The van der Waals surface area contributed by atoms with Crippen molar-refractivity contribution in [3.8, 4) is 34.6 Å². The lowest BCUT2D eigenvalue weighted by molar-refractivity contribution is 0.691. The fraction of sp³-hybridized carbons (Fsp3) is 0.0667. The lowest BCUT2D eigenvalue weighted by Gasteiger charge is -2.20. The van der Waals surface area contributed by atoms with Crippen LogP contribution in [0.15, 0.2) is 127 Å². The van der Waals surface area contributed by atoms with Gasteiger partial charge in [-0.1, -0.05) is 67.6 Å². The molecule has 9 aromatic rings. The first-order chi connectivity index (χ1) is 24.6. The van der Waals surface area contributed by atoms with Gasteiger partial charge in [-0.2, -0.15) is 10.5 Å². The van der Waals surface area contributed by atoms with E-state index >= 15 is 0 Å².